The van der Waals surface area contributed by atoms with Crippen molar-refractivity contribution in [1.29, 1.82) is 0 Å². The van der Waals surface area contributed by atoms with Crippen molar-refractivity contribution in [3.8, 4) is 0 Å². The molecule has 2 amide bonds. The maximum absolute atomic E-state index is 12.7. The van der Waals surface area contributed by atoms with Crippen LogP contribution in [-0.4, -0.2) is 45.2 Å². The lowest BCUT2D eigenvalue weighted by molar-refractivity contribution is 0.0789. The van der Waals surface area contributed by atoms with E-state index in [1.165, 1.54) is 0 Å². The lowest BCUT2D eigenvalue weighted by Gasteiger charge is -2.13. The molecule has 1 saturated heterocycles. The van der Waals surface area contributed by atoms with E-state index in [1.807, 2.05) is 36.9 Å². The third-order valence-corrected chi connectivity index (χ3v) is 4.34. The minimum absolute atomic E-state index is 0.0660. The molecule has 1 aliphatic heterocycles. The van der Waals surface area contributed by atoms with E-state index in [0.717, 1.165) is 32.4 Å². The standard InChI is InChI=1S/C17H22N4O2/c1-3-12(2)18-16(22)15-19-14(13-8-4-5-11-21(13)15)17(23)20-9-6-7-10-20/h4-5,8,11-12H,3,6-7,9-10H2,1-2H3,(H,18,22). The first-order valence-corrected chi connectivity index (χ1v) is 8.19. The second-order valence-electron chi connectivity index (χ2n) is 6.02. The monoisotopic (exact) mass is 314 g/mol. The molecule has 0 aromatic carbocycles. The number of fused-ring (bicyclic) bond motifs is 1. The number of nitrogens with one attached hydrogen (secondary N) is 1. The molecule has 3 rings (SSSR count). The average Bonchev–Trinajstić information content (AvgIpc) is 3.22. The summed E-state index contributed by atoms with van der Waals surface area (Å²) in [6, 6.07) is 5.58. The van der Waals surface area contributed by atoms with Gasteiger partial charge < -0.3 is 10.2 Å². The highest BCUT2D eigenvalue weighted by Crippen LogP contribution is 2.18. The highest BCUT2D eigenvalue weighted by atomic mass is 16.2. The van der Waals surface area contributed by atoms with E-state index >= 15 is 0 Å². The van der Waals surface area contributed by atoms with Gasteiger partial charge in [-0.1, -0.05) is 13.0 Å². The zero-order chi connectivity index (χ0) is 16.4. The lowest BCUT2D eigenvalue weighted by Crippen LogP contribution is -2.33. The molecule has 23 heavy (non-hydrogen) atoms. The largest absolute Gasteiger partial charge is 0.347 e. The molecule has 2 aromatic heterocycles. The molecular weight excluding hydrogens is 292 g/mol. The molecule has 0 aliphatic carbocycles. The Morgan fingerprint density at radius 1 is 1.30 bits per heavy atom. The van der Waals surface area contributed by atoms with E-state index in [-0.39, 0.29) is 23.7 Å². The predicted molar refractivity (Wildman–Crippen MR) is 87.5 cm³/mol. The zero-order valence-electron chi connectivity index (χ0n) is 13.6. The van der Waals surface area contributed by atoms with Gasteiger partial charge in [-0.2, -0.15) is 0 Å². The van der Waals surface area contributed by atoms with Crippen LogP contribution < -0.4 is 5.32 Å². The number of rotatable bonds is 4. The summed E-state index contributed by atoms with van der Waals surface area (Å²) in [5.41, 5.74) is 1.04. The average molecular weight is 314 g/mol. The van der Waals surface area contributed by atoms with Crippen molar-refractivity contribution < 1.29 is 9.59 Å². The van der Waals surface area contributed by atoms with Gasteiger partial charge in [0.2, 0.25) is 5.82 Å². The maximum atomic E-state index is 12.7. The summed E-state index contributed by atoms with van der Waals surface area (Å²) in [7, 11) is 0. The van der Waals surface area contributed by atoms with E-state index in [2.05, 4.69) is 10.3 Å². The van der Waals surface area contributed by atoms with Gasteiger partial charge in [-0.3, -0.25) is 14.0 Å². The molecule has 2 aromatic rings. The molecule has 1 atom stereocenters. The second-order valence-corrected chi connectivity index (χ2v) is 6.02. The van der Waals surface area contributed by atoms with Gasteiger partial charge in [0.25, 0.3) is 11.8 Å². The van der Waals surface area contributed by atoms with Crippen LogP contribution in [0.25, 0.3) is 5.52 Å². The van der Waals surface area contributed by atoms with Gasteiger partial charge in [0.05, 0.1) is 5.52 Å². The normalized spacial score (nSPS) is 15.8. The molecule has 0 radical (unpaired) electrons. The molecule has 1 aliphatic rings. The Morgan fingerprint density at radius 3 is 2.74 bits per heavy atom. The van der Waals surface area contributed by atoms with Crippen LogP contribution in [0.3, 0.4) is 0 Å². The van der Waals surface area contributed by atoms with Crippen LogP contribution in [0.1, 0.15) is 54.2 Å². The number of carbonyl (C=O) groups excluding carboxylic acids is 2. The minimum Gasteiger partial charge on any atom is -0.347 e. The summed E-state index contributed by atoms with van der Waals surface area (Å²) in [5, 5.41) is 2.91. The first kappa shape index (κ1) is 15.5. The number of amides is 2. The molecule has 0 bridgehead atoms. The van der Waals surface area contributed by atoms with Gasteiger partial charge in [-0.25, -0.2) is 4.98 Å². The summed E-state index contributed by atoms with van der Waals surface area (Å²) in [5.74, 6) is -0.0711. The number of carbonyl (C=O) groups is 2. The zero-order valence-corrected chi connectivity index (χ0v) is 13.6. The molecular formula is C17H22N4O2. The number of pyridine rings is 1. The first-order valence-electron chi connectivity index (χ1n) is 8.19. The van der Waals surface area contributed by atoms with Crippen LogP contribution in [0.15, 0.2) is 24.4 Å². The number of imidazole rings is 1. The van der Waals surface area contributed by atoms with Gasteiger partial charge in [0, 0.05) is 25.3 Å². The van der Waals surface area contributed by atoms with E-state index in [9.17, 15) is 9.59 Å². The van der Waals surface area contributed by atoms with Crippen LogP contribution in [0.5, 0.6) is 0 Å². The van der Waals surface area contributed by atoms with Crippen LogP contribution in [0.2, 0.25) is 0 Å². The third kappa shape index (κ3) is 2.93. The molecule has 1 N–H and O–H groups in total. The van der Waals surface area contributed by atoms with Crippen molar-refractivity contribution in [2.45, 2.75) is 39.2 Å². The highest BCUT2D eigenvalue weighted by molar-refractivity contribution is 6.02. The van der Waals surface area contributed by atoms with E-state index in [4.69, 9.17) is 0 Å². The molecule has 0 spiro atoms. The van der Waals surface area contributed by atoms with Crippen LogP contribution in [0, 0.1) is 0 Å². The Balaban J connectivity index is 1.99. The quantitative estimate of drug-likeness (QED) is 0.940. The number of hydrogen-bond donors (Lipinski definition) is 1. The Kier molecular flexibility index (Phi) is 4.32. The SMILES string of the molecule is CCC(C)NC(=O)c1nc(C(=O)N2CCCC2)c2ccccn12. The number of likely N-dealkylation sites (tertiary alicyclic amines) is 1. The van der Waals surface area contributed by atoms with Crippen molar-refractivity contribution in [3.63, 3.8) is 0 Å². The third-order valence-electron chi connectivity index (χ3n) is 4.34. The lowest BCUT2D eigenvalue weighted by atomic mass is 10.2. The maximum Gasteiger partial charge on any atom is 0.287 e. The fraction of sp³-hybridized carbons (Fsp3) is 0.471. The van der Waals surface area contributed by atoms with Gasteiger partial charge in [0.15, 0.2) is 5.69 Å². The van der Waals surface area contributed by atoms with Gasteiger partial charge in [-0.05, 0) is 38.3 Å². The van der Waals surface area contributed by atoms with Crippen molar-refractivity contribution in [1.82, 2.24) is 19.6 Å². The predicted octanol–water partition coefficient (Wildman–Crippen LogP) is 2.10. The molecule has 122 valence electrons. The summed E-state index contributed by atoms with van der Waals surface area (Å²) < 4.78 is 1.70. The Hall–Kier alpha value is -2.37. The van der Waals surface area contributed by atoms with E-state index < -0.39 is 0 Å². The van der Waals surface area contributed by atoms with Gasteiger partial charge in [-0.15, -0.1) is 0 Å². The van der Waals surface area contributed by atoms with Crippen LogP contribution >= 0.6 is 0 Å². The molecule has 1 fully saturated rings. The molecule has 0 saturated carbocycles. The summed E-state index contributed by atoms with van der Waals surface area (Å²) >= 11 is 0. The number of nitrogens with zero attached hydrogens (tertiary/aromatic N) is 3. The van der Waals surface area contributed by atoms with Crippen molar-refractivity contribution in [2.24, 2.45) is 0 Å². The van der Waals surface area contributed by atoms with Crippen molar-refractivity contribution >= 4 is 17.3 Å². The summed E-state index contributed by atoms with van der Waals surface area (Å²) in [6.45, 7) is 5.49. The Morgan fingerprint density at radius 2 is 2.04 bits per heavy atom. The fourth-order valence-electron chi connectivity index (χ4n) is 2.82. The van der Waals surface area contributed by atoms with Crippen LogP contribution in [-0.2, 0) is 0 Å². The highest BCUT2D eigenvalue weighted by Gasteiger charge is 2.26. The van der Waals surface area contributed by atoms with Gasteiger partial charge >= 0.3 is 0 Å². The van der Waals surface area contributed by atoms with E-state index in [1.54, 1.807) is 10.6 Å². The Labute approximate surface area is 135 Å². The number of aromatic nitrogens is 2. The summed E-state index contributed by atoms with van der Waals surface area (Å²) in [4.78, 5) is 31.4. The summed E-state index contributed by atoms with van der Waals surface area (Å²) in [6.07, 6.45) is 4.67. The van der Waals surface area contributed by atoms with E-state index in [0.29, 0.717) is 11.2 Å². The van der Waals surface area contributed by atoms with Crippen LogP contribution in [0.4, 0.5) is 0 Å². The number of hydrogen-bond acceptors (Lipinski definition) is 3. The molecule has 3 heterocycles. The molecule has 1 unspecified atom stereocenters. The van der Waals surface area contributed by atoms with Crippen molar-refractivity contribution in [3.05, 3.63) is 35.9 Å². The minimum atomic E-state index is -0.249. The smallest absolute Gasteiger partial charge is 0.287 e. The van der Waals surface area contributed by atoms with Crippen molar-refractivity contribution in [2.75, 3.05) is 13.1 Å². The fourth-order valence-corrected chi connectivity index (χ4v) is 2.82. The Bertz CT molecular complexity index is 731. The molecule has 6 heteroatoms. The van der Waals surface area contributed by atoms with Gasteiger partial charge in [0.1, 0.15) is 0 Å². The molecule has 6 nitrogen and oxygen atoms in total. The second kappa shape index (κ2) is 6.40. The topological polar surface area (TPSA) is 66.7 Å². The first-order chi connectivity index (χ1) is 11.1.